The lowest BCUT2D eigenvalue weighted by Crippen LogP contribution is -2.09. The van der Waals surface area contributed by atoms with Crippen molar-refractivity contribution in [1.29, 1.82) is 0 Å². The van der Waals surface area contributed by atoms with Gasteiger partial charge in [0.05, 0.1) is 4.92 Å². The van der Waals surface area contributed by atoms with Gasteiger partial charge in [-0.15, -0.1) is 10.2 Å². The van der Waals surface area contributed by atoms with E-state index in [1.165, 1.54) is 12.1 Å². The van der Waals surface area contributed by atoms with Crippen molar-refractivity contribution in [3.63, 3.8) is 0 Å². The highest BCUT2D eigenvalue weighted by Crippen LogP contribution is 2.31. The van der Waals surface area contributed by atoms with Gasteiger partial charge in [0.15, 0.2) is 5.65 Å². The number of hydrogen-bond acceptors (Lipinski definition) is 6. The summed E-state index contributed by atoms with van der Waals surface area (Å²) in [6.45, 7) is -2.71. The third-order valence-electron chi connectivity index (χ3n) is 3.43. The summed E-state index contributed by atoms with van der Waals surface area (Å²) in [5.74, 6) is 0.243. The average molecular weight is 349 g/mol. The number of nitro benzene ring substituents is 1. The number of nitrogens with one attached hydrogen (secondary N) is 1. The fourth-order valence-electron chi connectivity index (χ4n) is 2.35. The predicted octanol–water partition coefficient (Wildman–Crippen LogP) is 2.89. The average Bonchev–Trinajstić information content (AvgIpc) is 2.98. The van der Waals surface area contributed by atoms with E-state index in [9.17, 15) is 18.9 Å². The Hall–Kier alpha value is -3.30. The first-order chi connectivity index (χ1) is 12.0. The fraction of sp³-hybridized carbons (Fsp3) is 0.200. The van der Waals surface area contributed by atoms with Crippen LogP contribution in [0.25, 0.3) is 5.65 Å². The first-order valence-electron chi connectivity index (χ1n) is 7.30. The number of halogens is 2. The first kappa shape index (κ1) is 16.6. The molecule has 0 radical (unpaired) electrons. The molecule has 25 heavy (non-hydrogen) atoms. The van der Waals surface area contributed by atoms with Gasteiger partial charge in [0.1, 0.15) is 5.82 Å². The minimum Gasteiger partial charge on any atom is -0.427 e. The first-order valence-corrected chi connectivity index (χ1v) is 7.30. The molecule has 0 spiro atoms. The molecule has 1 aromatic carbocycles. The van der Waals surface area contributed by atoms with Crippen LogP contribution in [0, 0.1) is 10.1 Å². The Bertz CT molecular complexity index is 900. The molecule has 0 saturated carbocycles. The monoisotopic (exact) mass is 349 g/mol. The Morgan fingerprint density at radius 3 is 2.88 bits per heavy atom. The Labute approximate surface area is 140 Å². The van der Waals surface area contributed by atoms with Crippen molar-refractivity contribution in [3.8, 4) is 5.75 Å². The van der Waals surface area contributed by atoms with Crippen molar-refractivity contribution in [1.82, 2.24) is 14.6 Å². The number of pyridine rings is 1. The van der Waals surface area contributed by atoms with Gasteiger partial charge in [0.2, 0.25) is 5.75 Å². The maximum atomic E-state index is 12.4. The Morgan fingerprint density at radius 2 is 2.12 bits per heavy atom. The molecule has 0 unspecified atom stereocenters. The maximum Gasteiger partial charge on any atom is 0.387 e. The van der Waals surface area contributed by atoms with E-state index in [-0.39, 0.29) is 0 Å². The smallest absolute Gasteiger partial charge is 0.387 e. The van der Waals surface area contributed by atoms with Gasteiger partial charge in [-0.25, -0.2) is 0 Å². The van der Waals surface area contributed by atoms with Crippen LogP contribution in [0.4, 0.5) is 20.2 Å². The number of alkyl halides is 2. The number of fused-ring (bicyclic) bond motifs is 1. The molecule has 0 aliphatic carbocycles. The number of ether oxygens (including phenoxy) is 1. The second-order valence-corrected chi connectivity index (χ2v) is 5.04. The van der Waals surface area contributed by atoms with Crippen LogP contribution in [-0.4, -0.2) is 32.7 Å². The van der Waals surface area contributed by atoms with E-state index in [4.69, 9.17) is 0 Å². The van der Waals surface area contributed by atoms with Gasteiger partial charge >= 0.3 is 12.3 Å². The lowest BCUT2D eigenvalue weighted by Gasteiger charge is -2.09. The summed E-state index contributed by atoms with van der Waals surface area (Å²) in [4.78, 5) is 10.1. The molecule has 10 heteroatoms. The number of anilines is 1. The summed E-state index contributed by atoms with van der Waals surface area (Å²) >= 11 is 0. The van der Waals surface area contributed by atoms with E-state index < -0.39 is 23.0 Å². The minimum absolute atomic E-state index is 0.426. The molecule has 0 amide bonds. The van der Waals surface area contributed by atoms with Crippen LogP contribution < -0.4 is 10.1 Å². The molecule has 0 aliphatic rings. The van der Waals surface area contributed by atoms with Crippen LogP contribution in [0.1, 0.15) is 5.82 Å². The molecule has 2 aromatic heterocycles. The van der Waals surface area contributed by atoms with E-state index in [1.807, 2.05) is 28.8 Å². The normalized spacial score (nSPS) is 11.0. The van der Waals surface area contributed by atoms with E-state index in [2.05, 4.69) is 20.3 Å². The second kappa shape index (κ2) is 7.07. The Kier molecular flexibility index (Phi) is 4.68. The quantitative estimate of drug-likeness (QED) is 0.521. The summed E-state index contributed by atoms with van der Waals surface area (Å²) in [5.41, 5.74) is 0.629. The Morgan fingerprint density at radius 1 is 1.28 bits per heavy atom. The number of nitro groups is 1. The molecular formula is C15H13F2N5O3. The molecule has 2 heterocycles. The van der Waals surface area contributed by atoms with Gasteiger partial charge in [-0.1, -0.05) is 6.07 Å². The van der Waals surface area contributed by atoms with Crippen molar-refractivity contribution in [3.05, 3.63) is 58.5 Å². The molecule has 0 bridgehead atoms. The zero-order valence-electron chi connectivity index (χ0n) is 12.8. The van der Waals surface area contributed by atoms with Crippen molar-refractivity contribution in [2.45, 2.75) is 13.0 Å². The van der Waals surface area contributed by atoms with Crippen LogP contribution in [0.2, 0.25) is 0 Å². The van der Waals surface area contributed by atoms with E-state index in [0.29, 0.717) is 18.7 Å². The zero-order chi connectivity index (χ0) is 17.8. The van der Waals surface area contributed by atoms with Crippen molar-refractivity contribution in [2.75, 3.05) is 11.9 Å². The zero-order valence-corrected chi connectivity index (χ0v) is 12.8. The second-order valence-electron chi connectivity index (χ2n) is 5.04. The topological polar surface area (TPSA) is 94.6 Å². The van der Waals surface area contributed by atoms with Crippen molar-refractivity contribution >= 4 is 17.0 Å². The van der Waals surface area contributed by atoms with Gasteiger partial charge in [0.25, 0.3) is 0 Å². The minimum atomic E-state index is -3.14. The predicted molar refractivity (Wildman–Crippen MR) is 84.9 cm³/mol. The Balaban J connectivity index is 1.69. The van der Waals surface area contributed by atoms with Crippen molar-refractivity contribution in [2.24, 2.45) is 0 Å². The van der Waals surface area contributed by atoms with Gasteiger partial charge in [0, 0.05) is 37.0 Å². The van der Waals surface area contributed by atoms with Gasteiger partial charge in [-0.3, -0.25) is 14.5 Å². The summed E-state index contributed by atoms with van der Waals surface area (Å²) in [7, 11) is 0. The van der Waals surface area contributed by atoms with Gasteiger partial charge < -0.3 is 10.1 Å². The number of nitrogens with zero attached hydrogens (tertiary/aromatic N) is 4. The van der Waals surface area contributed by atoms with Crippen molar-refractivity contribution < 1.29 is 18.4 Å². The molecular weight excluding hydrogens is 336 g/mol. The van der Waals surface area contributed by atoms with Gasteiger partial charge in [-0.2, -0.15) is 8.78 Å². The van der Waals surface area contributed by atoms with Gasteiger partial charge in [-0.05, 0) is 18.2 Å². The maximum absolute atomic E-state index is 12.4. The highest BCUT2D eigenvalue weighted by atomic mass is 19.3. The summed E-state index contributed by atoms with van der Waals surface area (Å²) in [5, 5.41) is 22.0. The largest absolute Gasteiger partial charge is 0.427 e. The van der Waals surface area contributed by atoms with E-state index in [1.54, 1.807) is 0 Å². The molecule has 3 rings (SSSR count). The number of rotatable bonds is 7. The molecule has 0 atom stereocenters. The summed E-state index contributed by atoms with van der Waals surface area (Å²) in [6, 6.07) is 9.26. The van der Waals surface area contributed by atoms with Crippen LogP contribution in [0.15, 0.2) is 42.6 Å². The number of aromatic nitrogens is 3. The van der Waals surface area contributed by atoms with Crippen LogP contribution in [0.3, 0.4) is 0 Å². The molecule has 0 saturated heterocycles. The lowest BCUT2D eigenvalue weighted by atomic mass is 10.2. The van der Waals surface area contributed by atoms with Crippen LogP contribution >= 0.6 is 0 Å². The molecule has 0 aliphatic heterocycles. The van der Waals surface area contributed by atoms with Crippen LogP contribution in [0.5, 0.6) is 5.75 Å². The molecule has 130 valence electrons. The molecule has 3 aromatic rings. The summed E-state index contributed by atoms with van der Waals surface area (Å²) < 4.78 is 30.8. The molecule has 0 fully saturated rings. The number of benzene rings is 1. The van der Waals surface area contributed by atoms with E-state index in [0.717, 1.165) is 17.5 Å². The molecule has 1 N–H and O–H groups in total. The van der Waals surface area contributed by atoms with E-state index >= 15 is 0 Å². The fourth-order valence-corrected chi connectivity index (χ4v) is 2.35. The standard InChI is InChI=1S/C15H13F2N5O3/c16-15(17)25-12-9-10(4-5-11(12)22(23)24)18-7-6-14-20-19-13-3-1-2-8-21(13)14/h1-5,8-9,15,18H,6-7H2. The highest BCUT2D eigenvalue weighted by Gasteiger charge is 2.19. The third-order valence-corrected chi connectivity index (χ3v) is 3.43. The highest BCUT2D eigenvalue weighted by molar-refractivity contribution is 5.58. The molecule has 8 nitrogen and oxygen atoms in total. The summed E-state index contributed by atoms with van der Waals surface area (Å²) in [6.07, 6.45) is 2.36. The SMILES string of the molecule is O=[N+]([O-])c1ccc(NCCc2nnc3ccccn23)cc1OC(F)F. The lowest BCUT2D eigenvalue weighted by molar-refractivity contribution is -0.386. The third kappa shape index (κ3) is 3.79. The number of hydrogen-bond donors (Lipinski definition) is 1. The van der Waals surface area contributed by atoms with Crippen LogP contribution in [-0.2, 0) is 6.42 Å².